The first-order valence-electron chi connectivity index (χ1n) is 6.32. The van der Waals surface area contributed by atoms with Crippen LogP contribution in [0.4, 0.5) is 13.2 Å². The van der Waals surface area contributed by atoms with Crippen LogP contribution >= 0.6 is 11.3 Å². The Morgan fingerprint density at radius 1 is 1.22 bits per heavy atom. The number of aliphatic hydroxyl groups is 1. The van der Waals surface area contributed by atoms with E-state index in [1.165, 1.54) is 18.5 Å². The Morgan fingerprint density at radius 3 is 2.61 bits per heavy atom. The van der Waals surface area contributed by atoms with Crippen LogP contribution in [-0.2, 0) is 6.18 Å². The Balaban J connectivity index is 1.85. The summed E-state index contributed by atoms with van der Waals surface area (Å²) in [5.41, 5.74) is 1.05. The Kier molecular flexibility index (Phi) is 3.86. The van der Waals surface area contributed by atoms with Gasteiger partial charge in [0.1, 0.15) is 6.10 Å². The molecule has 1 N–H and O–H groups in total. The van der Waals surface area contributed by atoms with Gasteiger partial charge in [-0.05, 0) is 19.1 Å². The summed E-state index contributed by atoms with van der Waals surface area (Å²) in [7, 11) is 0. The van der Waals surface area contributed by atoms with Crippen molar-refractivity contribution in [3.8, 4) is 10.7 Å². The topological polar surface area (TPSA) is 84.9 Å². The summed E-state index contributed by atoms with van der Waals surface area (Å²) >= 11 is 1.05. The summed E-state index contributed by atoms with van der Waals surface area (Å²) in [4.78, 5) is 12.2. The molecule has 0 radical (unpaired) electrons. The summed E-state index contributed by atoms with van der Waals surface area (Å²) in [6.07, 6.45) is -2.77. The molecule has 0 saturated carbocycles. The van der Waals surface area contributed by atoms with E-state index >= 15 is 0 Å². The minimum absolute atomic E-state index is 0.184. The molecule has 10 heteroatoms. The zero-order chi connectivity index (χ0) is 16.6. The average molecular weight is 342 g/mol. The van der Waals surface area contributed by atoms with E-state index < -0.39 is 18.2 Å². The molecule has 0 aliphatic rings. The van der Waals surface area contributed by atoms with E-state index in [4.69, 9.17) is 0 Å². The molecule has 0 aliphatic heterocycles. The fourth-order valence-electron chi connectivity index (χ4n) is 1.75. The monoisotopic (exact) mass is 342 g/mol. The first kappa shape index (κ1) is 15.6. The lowest BCUT2D eigenvalue weighted by Gasteiger charge is -2.06. The highest BCUT2D eigenvalue weighted by Gasteiger charge is 2.38. The van der Waals surface area contributed by atoms with Crippen LogP contribution in [0.15, 0.2) is 29.0 Å². The van der Waals surface area contributed by atoms with Crippen LogP contribution in [0.2, 0.25) is 0 Å². The smallest absolute Gasteiger partial charge is 0.381 e. The van der Waals surface area contributed by atoms with Gasteiger partial charge < -0.3 is 9.63 Å². The fraction of sp³-hybridized carbons (Fsp3) is 0.231. The number of thiophene rings is 1. The number of nitrogens with zero attached hydrogens (tertiary/aromatic N) is 4. The van der Waals surface area contributed by atoms with Crippen molar-refractivity contribution >= 4 is 11.3 Å². The van der Waals surface area contributed by atoms with Crippen molar-refractivity contribution in [2.75, 3.05) is 0 Å². The largest absolute Gasteiger partial charge is 0.471 e. The zero-order valence-corrected chi connectivity index (χ0v) is 12.4. The molecule has 120 valence electrons. The highest BCUT2D eigenvalue weighted by molar-refractivity contribution is 7.15. The molecule has 0 bridgehead atoms. The van der Waals surface area contributed by atoms with Gasteiger partial charge in [-0.2, -0.15) is 18.2 Å². The quantitative estimate of drug-likeness (QED) is 0.788. The third-order valence-electron chi connectivity index (χ3n) is 2.87. The molecule has 0 aromatic carbocycles. The van der Waals surface area contributed by atoms with Crippen LogP contribution in [0.25, 0.3) is 10.7 Å². The molecule has 3 aromatic heterocycles. The maximum atomic E-state index is 12.5. The Labute approximate surface area is 131 Å². The van der Waals surface area contributed by atoms with Crippen LogP contribution in [0, 0.1) is 6.92 Å². The summed E-state index contributed by atoms with van der Waals surface area (Å²) in [5.74, 6) is -1.59. The molecule has 23 heavy (non-hydrogen) atoms. The molecule has 3 heterocycles. The molecule has 1 atom stereocenters. The van der Waals surface area contributed by atoms with E-state index in [0.29, 0.717) is 21.1 Å². The van der Waals surface area contributed by atoms with Gasteiger partial charge in [0.05, 0.1) is 22.5 Å². The van der Waals surface area contributed by atoms with E-state index in [0.717, 1.165) is 11.3 Å². The first-order chi connectivity index (χ1) is 10.8. The van der Waals surface area contributed by atoms with Gasteiger partial charge in [0.15, 0.2) is 0 Å². The number of hydrogen-bond donors (Lipinski definition) is 1. The highest BCUT2D eigenvalue weighted by Crippen LogP contribution is 2.34. The van der Waals surface area contributed by atoms with E-state index in [1.807, 2.05) is 0 Å². The summed E-state index contributed by atoms with van der Waals surface area (Å²) in [5, 5.41) is 13.5. The predicted molar refractivity (Wildman–Crippen MR) is 73.4 cm³/mol. The predicted octanol–water partition coefficient (Wildman–Crippen LogP) is 3.00. The first-order valence-corrected chi connectivity index (χ1v) is 7.14. The van der Waals surface area contributed by atoms with Crippen LogP contribution in [-0.4, -0.2) is 25.2 Å². The fourth-order valence-corrected chi connectivity index (χ4v) is 2.68. The van der Waals surface area contributed by atoms with E-state index in [-0.39, 0.29) is 5.82 Å². The van der Waals surface area contributed by atoms with Gasteiger partial charge in [-0.1, -0.05) is 5.16 Å². The van der Waals surface area contributed by atoms with E-state index in [1.54, 1.807) is 13.0 Å². The molecule has 0 fully saturated rings. The Bertz CT molecular complexity index is 813. The van der Waals surface area contributed by atoms with Crippen LogP contribution in [0.5, 0.6) is 0 Å². The average Bonchev–Trinajstić information content (AvgIpc) is 3.16. The third kappa shape index (κ3) is 3.22. The van der Waals surface area contributed by atoms with Gasteiger partial charge in [0.25, 0.3) is 0 Å². The normalized spacial score (nSPS) is 13.3. The second-order valence-corrected chi connectivity index (χ2v) is 5.72. The number of halogens is 3. The van der Waals surface area contributed by atoms with Crippen molar-refractivity contribution < 1.29 is 22.8 Å². The second kappa shape index (κ2) is 5.70. The molecule has 3 rings (SSSR count). The van der Waals surface area contributed by atoms with Crippen molar-refractivity contribution in [2.24, 2.45) is 0 Å². The van der Waals surface area contributed by atoms with Gasteiger partial charge in [-0.25, -0.2) is 0 Å². The van der Waals surface area contributed by atoms with Crippen molar-refractivity contribution in [3.05, 3.63) is 46.7 Å². The molecule has 1 unspecified atom stereocenters. The standard InChI is InChI=1S/C13H9F3N4O2S/c1-6-4-18-7(5-17-6)10(21)8-2-3-9(23-8)11-19-12(22-20-11)13(14,15)16/h2-5,10,21H,1H3. The minimum atomic E-state index is -4.69. The molecule has 3 aromatic rings. The molecular formula is C13H9F3N4O2S. The Morgan fingerprint density at radius 2 is 2.00 bits per heavy atom. The Hall–Kier alpha value is -2.33. The van der Waals surface area contributed by atoms with Crippen LogP contribution in [0.1, 0.15) is 28.3 Å². The van der Waals surface area contributed by atoms with Gasteiger partial charge >= 0.3 is 12.1 Å². The molecule has 6 nitrogen and oxygen atoms in total. The maximum Gasteiger partial charge on any atom is 0.471 e. The van der Waals surface area contributed by atoms with Gasteiger partial charge in [-0.3, -0.25) is 9.97 Å². The summed E-state index contributed by atoms with van der Waals surface area (Å²) in [6.45, 7) is 1.76. The van der Waals surface area contributed by atoms with Crippen molar-refractivity contribution in [3.63, 3.8) is 0 Å². The van der Waals surface area contributed by atoms with Crippen LogP contribution < -0.4 is 0 Å². The van der Waals surface area contributed by atoms with Crippen molar-refractivity contribution in [1.82, 2.24) is 20.1 Å². The van der Waals surface area contributed by atoms with Gasteiger partial charge in [0, 0.05) is 11.1 Å². The number of hydrogen-bond acceptors (Lipinski definition) is 7. The number of alkyl halides is 3. The minimum Gasteiger partial charge on any atom is -0.381 e. The molecule has 0 spiro atoms. The number of aryl methyl sites for hydroxylation is 1. The molecular weight excluding hydrogens is 333 g/mol. The van der Waals surface area contributed by atoms with Crippen LogP contribution in [0.3, 0.4) is 0 Å². The lowest BCUT2D eigenvalue weighted by molar-refractivity contribution is -0.159. The highest BCUT2D eigenvalue weighted by atomic mass is 32.1. The van der Waals surface area contributed by atoms with Gasteiger partial charge in [0.2, 0.25) is 5.82 Å². The summed E-state index contributed by atoms with van der Waals surface area (Å²) < 4.78 is 41.6. The zero-order valence-electron chi connectivity index (χ0n) is 11.6. The lowest BCUT2D eigenvalue weighted by Crippen LogP contribution is -2.04. The summed E-state index contributed by atoms with van der Waals surface area (Å²) in [6, 6.07) is 3.08. The number of aliphatic hydroxyl groups excluding tert-OH is 1. The van der Waals surface area contributed by atoms with Crippen molar-refractivity contribution in [1.29, 1.82) is 0 Å². The number of aromatic nitrogens is 4. The molecule has 0 amide bonds. The maximum absolute atomic E-state index is 12.5. The van der Waals surface area contributed by atoms with Crippen molar-refractivity contribution in [2.45, 2.75) is 19.2 Å². The second-order valence-electron chi connectivity index (χ2n) is 4.61. The molecule has 0 saturated heterocycles. The third-order valence-corrected chi connectivity index (χ3v) is 4.00. The van der Waals surface area contributed by atoms with E-state index in [9.17, 15) is 18.3 Å². The SMILES string of the molecule is Cc1cnc(C(O)c2ccc(-c3noc(C(F)(F)F)n3)s2)cn1. The number of rotatable bonds is 3. The molecule has 0 aliphatic carbocycles. The van der Waals surface area contributed by atoms with Gasteiger partial charge in [-0.15, -0.1) is 11.3 Å². The lowest BCUT2D eigenvalue weighted by atomic mass is 10.2. The van der Waals surface area contributed by atoms with E-state index in [2.05, 4.69) is 24.6 Å².